The summed E-state index contributed by atoms with van der Waals surface area (Å²) in [7, 11) is 0. The van der Waals surface area contributed by atoms with E-state index >= 15 is 0 Å². The molecule has 0 aliphatic heterocycles. The molecule has 3 aromatic rings. The van der Waals surface area contributed by atoms with Crippen LogP contribution in [0.25, 0.3) is 0 Å². The average molecular weight is 536 g/mol. The highest BCUT2D eigenvalue weighted by Crippen LogP contribution is 2.20. The van der Waals surface area contributed by atoms with Gasteiger partial charge in [0.25, 0.3) is 0 Å². The van der Waals surface area contributed by atoms with Crippen LogP contribution in [0.5, 0.6) is 0 Å². The Hall–Kier alpha value is -2.92. The first-order valence-electron chi connectivity index (χ1n) is 12.3. The van der Waals surface area contributed by atoms with Crippen molar-refractivity contribution in [1.29, 1.82) is 0 Å². The molecular formula is C30H35BrN2O2. The number of benzene rings is 3. The smallest absolute Gasteiger partial charge is 0.243 e. The number of carbonyl (C=O) groups excluding carboxylic acids is 2. The molecule has 0 aliphatic rings. The van der Waals surface area contributed by atoms with Crippen molar-refractivity contribution in [2.45, 2.75) is 58.5 Å². The van der Waals surface area contributed by atoms with Crippen molar-refractivity contribution in [2.24, 2.45) is 0 Å². The zero-order valence-electron chi connectivity index (χ0n) is 20.8. The summed E-state index contributed by atoms with van der Waals surface area (Å²) in [5, 5.41) is 2.95. The maximum Gasteiger partial charge on any atom is 0.243 e. The molecular weight excluding hydrogens is 500 g/mol. The predicted octanol–water partition coefficient (Wildman–Crippen LogP) is 6.28. The van der Waals surface area contributed by atoms with E-state index in [0.717, 1.165) is 21.2 Å². The Kier molecular flexibility index (Phi) is 10.1. The molecule has 35 heavy (non-hydrogen) atoms. The number of halogens is 1. The highest BCUT2D eigenvalue weighted by molar-refractivity contribution is 9.10. The van der Waals surface area contributed by atoms with E-state index in [1.165, 1.54) is 5.56 Å². The number of nitrogens with zero attached hydrogens (tertiary/aromatic N) is 1. The first-order valence-corrected chi connectivity index (χ1v) is 13.1. The first kappa shape index (κ1) is 26.7. The third-order valence-electron chi connectivity index (χ3n) is 6.14. The van der Waals surface area contributed by atoms with Gasteiger partial charge in [0.2, 0.25) is 11.8 Å². The van der Waals surface area contributed by atoms with Gasteiger partial charge in [-0.1, -0.05) is 96.5 Å². The van der Waals surface area contributed by atoms with E-state index in [4.69, 9.17) is 0 Å². The highest BCUT2D eigenvalue weighted by Gasteiger charge is 2.30. The summed E-state index contributed by atoms with van der Waals surface area (Å²) in [5.74, 6) is 0.327. The van der Waals surface area contributed by atoms with Crippen LogP contribution in [0.3, 0.4) is 0 Å². The van der Waals surface area contributed by atoms with Crippen LogP contribution in [0.1, 0.15) is 55.4 Å². The Morgan fingerprint density at radius 1 is 0.886 bits per heavy atom. The second-order valence-electron chi connectivity index (χ2n) is 9.15. The largest absolute Gasteiger partial charge is 0.355 e. The number of likely N-dealkylation sites (N-methyl/N-ethyl adjacent to an activating group) is 1. The molecule has 2 amide bonds. The van der Waals surface area contributed by atoms with Crippen molar-refractivity contribution >= 4 is 27.7 Å². The van der Waals surface area contributed by atoms with Gasteiger partial charge in [-0.25, -0.2) is 0 Å². The number of hydrogen-bond acceptors (Lipinski definition) is 2. The third kappa shape index (κ3) is 8.07. The molecule has 0 fully saturated rings. The molecule has 0 saturated heterocycles. The van der Waals surface area contributed by atoms with Crippen LogP contribution < -0.4 is 5.32 Å². The van der Waals surface area contributed by atoms with Crippen molar-refractivity contribution in [2.75, 3.05) is 6.54 Å². The van der Waals surface area contributed by atoms with Gasteiger partial charge < -0.3 is 10.2 Å². The second-order valence-corrected chi connectivity index (χ2v) is 10.1. The minimum Gasteiger partial charge on any atom is -0.355 e. The summed E-state index contributed by atoms with van der Waals surface area (Å²) in [5.41, 5.74) is 4.43. The molecule has 0 heterocycles. The van der Waals surface area contributed by atoms with Crippen LogP contribution in [0.15, 0.2) is 83.3 Å². The lowest BCUT2D eigenvalue weighted by molar-refractivity contribution is -0.141. The molecule has 0 saturated carbocycles. The van der Waals surface area contributed by atoms with Crippen molar-refractivity contribution in [1.82, 2.24) is 10.2 Å². The highest BCUT2D eigenvalue weighted by atomic mass is 79.9. The van der Waals surface area contributed by atoms with E-state index in [2.05, 4.69) is 59.4 Å². The lowest BCUT2D eigenvalue weighted by Crippen LogP contribution is -2.50. The molecule has 3 aromatic carbocycles. The second kappa shape index (κ2) is 13.2. The zero-order valence-corrected chi connectivity index (χ0v) is 22.4. The maximum absolute atomic E-state index is 13.7. The molecule has 0 unspecified atom stereocenters. The monoisotopic (exact) mass is 534 g/mol. The zero-order chi connectivity index (χ0) is 25.2. The standard InChI is InChI=1S/C30H35BrN2O2/c1-4-32-30(35)28(20-24-9-6-5-7-10-24)33(21-25-11-8-12-27(31)19-25)29(34)18-15-23-13-16-26(17-14-23)22(2)3/h5-14,16-17,19,22,28H,4,15,18,20-21H2,1-3H3,(H,32,35)/t28-/m1/s1. The fraction of sp³-hybridized carbons (Fsp3) is 0.333. The number of amides is 2. The van der Waals surface area contributed by atoms with Gasteiger partial charge in [0.1, 0.15) is 6.04 Å². The van der Waals surface area contributed by atoms with E-state index < -0.39 is 6.04 Å². The molecule has 1 N–H and O–H groups in total. The van der Waals surface area contributed by atoms with Gasteiger partial charge in [0.15, 0.2) is 0 Å². The predicted molar refractivity (Wildman–Crippen MR) is 146 cm³/mol. The Labute approximate surface area is 217 Å². The third-order valence-corrected chi connectivity index (χ3v) is 6.63. The van der Waals surface area contributed by atoms with E-state index in [-0.39, 0.29) is 11.8 Å². The summed E-state index contributed by atoms with van der Waals surface area (Å²) in [6.07, 6.45) is 1.45. The van der Waals surface area contributed by atoms with Gasteiger partial charge in [-0.3, -0.25) is 9.59 Å². The minimum atomic E-state index is -0.591. The summed E-state index contributed by atoms with van der Waals surface area (Å²) in [6.45, 7) is 7.14. The van der Waals surface area contributed by atoms with Crippen LogP contribution >= 0.6 is 15.9 Å². The van der Waals surface area contributed by atoms with Crippen molar-refractivity contribution in [3.63, 3.8) is 0 Å². The molecule has 3 rings (SSSR count). The Bertz CT molecular complexity index is 1100. The summed E-state index contributed by atoms with van der Waals surface area (Å²) >= 11 is 3.53. The first-order chi connectivity index (χ1) is 16.9. The molecule has 0 radical (unpaired) electrons. The van der Waals surface area contributed by atoms with E-state index in [9.17, 15) is 9.59 Å². The van der Waals surface area contributed by atoms with Gasteiger partial charge in [-0.2, -0.15) is 0 Å². The topological polar surface area (TPSA) is 49.4 Å². The van der Waals surface area contributed by atoms with Crippen LogP contribution in [-0.2, 0) is 29.0 Å². The number of hydrogen-bond donors (Lipinski definition) is 1. The molecule has 0 spiro atoms. The van der Waals surface area contributed by atoms with Crippen LogP contribution in [-0.4, -0.2) is 29.3 Å². The minimum absolute atomic E-state index is 0.0231. The van der Waals surface area contributed by atoms with Gasteiger partial charge in [-0.05, 0) is 53.6 Å². The SMILES string of the molecule is CCNC(=O)[C@@H](Cc1ccccc1)N(Cc1cccc(Br)c1)C(=O)CCc1ccc(C(C)C)cc1. The lowest BCUT2D eigenvalue weighted by atomic mass is 9.99. The molecule has 0 bridgehead atoms. The number of carbonyl (C=O) groups is 2. The van der Waals surface area contributed by atoms with E-state index in [1.807, 2.05) is 61.5 Å². The van der Waals surface area contributed by atoms with Crippen molar-refractivity contribution < 1.29 is 9.59 Å². The maximum atomic E-state index is 13.7. The summed E-state index contributed by atoms with van der Waals surface area (Å²) < 4.78 is 0.949. The summed E-state index contributed by atoms with van der Waals surface area (Å²) in [4.78, 5) is 28.6. The molecule has 184 valence electrons. The molecule has 5 heteroatoms. The molecule has 0 aliphatic carbocycles. The normalized spacial score (nSPS) is 11.8. The van der Waals surface area contributed by atoms with Gasteiger partial charge >= 0.3 is 0 Å². The molecule has 4 nitrogen and oxygen atoms in total. The number of rotatable bonds is 11. The van der Waals surface area contributed by atoms with Gasteiger partial charge in [0, 0.05) is 30.4 Å². The van der Waals surface area contributed by atoms with E-state index in [0.29, 0.717) is 38.3 Å². The fourth-order valence-corrected chi connectivity index (χ4v) is 4.59. The summed E-state index contributed by atoms with van der Waals surface area (Å²) in [6, 6.07) is 25.7. The van der Waals surface area contributed by atoms with E-state index in [1.54, 1.807) is 4.90 Å². The van der Waals surface area contributed by atoms with Crippen LogP contribution in [0.4, 0.5) is 0 Å². The molecule has 0 aromatic heterocycles. The number of aryl methyl sites for hydroxylation is 1. The molecule has 1 atom stereocenters. The average Bonchev–Trinajstić information content (AvgIpc) is 2.85. The Morgan fingerprint density at radius 2 is 1.57 bits per heavy atom. The van der Waals surface area contributed by atoms with Crippen LogP contribution in [0, 0.1) is 0 Å². The van der Waals surface area contributed by atoms with Gasteiger partial charge in [-0.15, -0.1) is 0 Å². The fourth-order valence-electron chi connectivity index (χ4n) is 4.14. The Balaban J connectivity index is 1.86. The van der Waals surface area contributed by atoms with Gasteiger partial charge in [0.05, 0.1) is 0 Å². The number of nitrogens with one attached hydrogen (secondary N) is 1. The quantitative estimate of drug-likeness (QED) is 0.314. The lowest BCUT2D eigenvalue weighted by Gasteiger charge is -2.31. The van der Waals surface area contributed by atoms with Crippen molar-refractivity contribution in [3.05, 3.63) is 106 Å². The van der Waals surface area contributed by atoms with Crippen molar-refractivity contribution in [3.8, 4) is 0 Å². The Morgan fingerprint density at radius 3 is 2.20 bits per heavy atom. The van der Waals surface area contributed by atoms with Crippen LogP contribution in [0.2, 0.25) is 0 Å².